The zero-order valence-corrected chi connectivity index (χ0v) is 23.2. The van der Waals surface area contributed by atoms with Crippen LogP contribution in [0.25, 0.3) is 16.9 Å². The van der Waals surface area contributed by atoms with E-state index in [1.54, 1.807) is 34.1 Å². The third-order valence-corrected chi connectivity index (χ3v) is 7.68. The first kappa shape index (κ1) is 28.2. The normalized spacial score (nSPS) is 19.6. The monoisotopic (exact) mass is 585 g/mol. The van der Waals surface area contributed by atoms with Crippen molar-refractivity contribution in [1.82, 2.24) is 29.3 Å². The molecule has 2 amide bonds. The molecule has 0 saturated carbocycles. The minimum Gasteiger partial charge on any atom is -0.472 e. The average molecular weight is 586 g/mol. The summed E-state index contributed by atoms with van der Waals surface area (Å²) in [6.45, 7) is 5.04. The molecule has 3 aliphatic rings. The van der Waals surface area contributed by atoms with Crippen molar-refractivity contribution in [3.8, 4) is 11.7 Å². The number of hydrogen-bond acceptors (Lipinski definition) is 9. The highest BCUT2D eigenvalue weighted by atomic mass is 19.3. The van der Waals surface area contributed by atoms with Crippen LogP contribution in [0.15, 0.2) is 30.3 Å². The predicted molar refractivity (Wildman–Crippen MR) is 147 cm³/mol. The average Bonchev–Trinajstić information content (AvgIpc) is 3.66. The SMILES string of the molecule is O=C(CCC(=O)N1CC[C@H](Oc2cc(-n3c(C(F)F)nc4ccccc43)nc(N3CCOCC3)n2)C1)N1CCOCC1. The summed E-state index contributed by atoms with van der Waals surface area (Å²) in [6, 6.07) is 8.44. The van der Waals surface area contributed by atoms with E-state index in [1.165, 1.54) is 10.6 Å². The van der Waals surface area contributed by atoms with Gasteiger partial charge in [0.25, 0.3) is 6.43 Å². The van der Waals surface area contributed by atoms with Gasteiger partial charge in [0, 0.05) is 58.1 Å². The Morgan fingerprint density at radius 2 is 1.60 bits per heavy atom. The highest BCUT2D eigenvalue weighted by Crippen LogP contribution is 2.30. The number of amides is 2. The maximum absolute atomic E-state index is 14.1. The molecule has 0 bridgehead atoms. The quantitative estimate of drug-likeness (QED) is 0.393. The van der Waals surface area contributed by atoms with Crippen LogP contribution in [0.5, 0.6) is 5.88 Å². The summed E-state index contributed by atoms with van der Waals surface area (Å²) in [6.07, 6.45) is -2.31. The van der Waals surface area contributed by atoms with Crippen molar-refractivity contribution < 1.29 is 32.6 Å². The molecule has 3 saturated heterocycles. The molecule has 42 heavy (non-hydrogen) atoms. The van der Waals surface area contributed by atoms with E-state index >= 15 is 0 Å². The van der Waals surface area contributed by atoms with E-state index < -0.39 is 12.2 Å². The number of anilines is 1. The number of hydrogen-bond donors (Lipinski definition) is 0. The van der Waals surface area contributed by atoms with Crippen molar-refractivity contribution in [2.24, 2.45) is 0 Å². The Balaban J connectivity index is 1.20. The maximum Gasteiger partial charge on any atom is 0.296 e. The Labute approximate surface area is 241 Å². The molecule has 1 atom stereocenters. The Hall–Kier alpha value is -3.91. The molecule has 2 aromatic heterocycles. The fourth-order valence-electron chi connectivity index (χ4n) is 5.48. The minimum atomic E-state index is -2.83. The highest BCUT2D eigenvalue weighted by Gasteiger charge is 2.30. The number of fused-ring (bicyclic) bond motifs is 1. The first-order valence-corrected chi connectivity index (χ1v) is 14.2. The standard InChI is InChI=1S/C28H33F2N7O5/c29-26(30)27-31-20-3-1-2-4-21(20)37(27)22-17-23(33-28(32-22)35-11-15-41-16-12-35)42-19-7-8-36(18-19)25(39)6-5-24(38)34-9-13-40-14-10-34/h1-4,17,19,26H,5-16,18H2/t19-/m0/s1. The van der Waals surface area contributed by atoms with Gasteiger partial charge in [-0.25, -0.2) is 13.8 Å². The lowest BCUT2D eigenvalue weighted by Gasteiger charge is -2.27. The van der Waals surface area contributed by atoms with E-state index in [-0.39, 0.29) is 42.5 Å². The van der Waals surface area contributed by atoms with Crippen molar-refractivity contribution in [2.75, 3.05) is 70.6 Å². The van der Waals surface area contributed by atoms with Crippen LogP contribution in [0.1, 0.15) is 31.5 Å². The van der Waals surface area contributed by atoms with Crippen LogP contribution in [0.4, 0.5) is 14.7 Å². The Bertz CT molecular complexity index is 1420. The number of nitrogens with zero attached hydrogens (tertiary/aromatic N) is 7. The van der Waals surface area contributed by atoms with Crippen LogP contribution >= 0.6 is 0 Å². The van der Waals surface area contributed by atoms with Gasteiger partial charge in [0.2, 0.25) is 23.6 Å². The van der Waals surface area contributed by atoms with Gasteiger partial charge in [-0.1, -0.05) is 12.1 Å². The van der Waals surface area contributed by atoms with Crippen molar-refractivity contribution in [1.29, 1.82) is 0 Å². The molecule has 3 aromatic rings. The Kier molecular flexibility index (Phi) is 8.42. The van der Waals surface area contributed by atoms with Gasteiger partial charge in [-0.15, -0.1) is 0 Å². The van der Waals surface area contributed by atoms with Gasteiger partial charge >= 0.3 is 0 Å². The number of alkyl halides is 2. The smallest absolute Gasteiger partial charge is 0.296 e. The second-order valence-electron chi connectivity index (χ2n) is 10.4. The van der Waals surface area contributed by atoms with Gasteiger partial charge in [0.15, 0.2) is 5.82 Å². The van der Waals surface area contributed by atoms with Crippen molar-refractivity contribution in [3.05, 3.63) is 36.2 Å². The second kappa shape index (κ2) is 12.5. The molecular formula is C28H33F2N7O5. The molecule has 0 N–H and O–H groups in total. The number of carbonyl (C=O) groups is 2. The summed E-state index contributed by atoms with van der Waals surface area (Å²) < 4.78 is 46.6. The number of aromatic nitrogens is 4. The fraction of sp³-hybridized carbons (Fsp3) is 0.536. The summed E-state index contributed by atoms with van der Waals surface area (Å²) in [7, 11) is 0. The first-order valence-electron chi connectivity index (χ1n) is 14.2. The van der Waals surface area contributed by atoms with Crippen LogP contribution in [0, 0.1) is 0 Å². The summed E-state index contributed by atoms with van der Waals surface area (Å²) >= 11 is 0. The van der Waals surface area contributed by atoms with Crippen molar-refractivity contribution >= 4 is 28.8 Å². The molecular weight excluding hydrogens is 552 g/mol. The van der Waals surface area contributed by atoms with Crippen LogP contribution < -0.4 is 9.64 Å². The number of para-hydroxylation sites is 2. The van der Waals surface area contributed by atoms with E-state index in [1.807, 2.05) is 4.90 Å². The summed E-state index contributed by atoms with van der Waals surface area (Å²) in [5.74, 6) is 0.221. The van der Waals surface area contributed by atoms with E-state index in [0.717, 1.165) is 0 Å². The van der Waals surface area contributed by atoms with Gasteiger partial charge in [-0.05, 0) is 12.1 Å². The molecule has 0 unspecified atom stereocenters. The molecule has 14 heteroatoms. The van der Waals surface area contributed by atoms with Crippen LogP contribution in [0.3, 0.4) is 0 Å². The third kappa shape index (κ3) is 6.14. The fourth-order valence-corrected chi connectivity index (χ4v) is 5.48. The van der Waals surface area contributed by atoms with E-state index in [9.17, 15) is 18.4 Å². The number of ether oxygens (including phenoxy) is 3. The topological polar surface area (TPSA) is 115 Å². The van der Waals surface area contributed by atoms with E-state index in [0.29, 0.717) is 89.1 Å². The zero-order chi connectivity index (χ0) is 29.1. The van der Waals surface area contributed by atoms with Crippen LogP contribution in [-0.2, 0) is 19.1 Å². The number of benzene rings is 1. The van der Waals surface area contributed by atoms with Gasteiger partial charge in [-0.2, -0.15) is 9.97 Å². The summed E-state index contributed by atoms with van der Waals surface area (Å²) in [5, 5.41) is 0. The second-order valence-corrected chi connectivity index (χ2v) is 10.4. The number of morpholine rings is 2. The van der Waals surface area contributed by atoms with E-state index in [2.05, 4.69) is 15.0 Å². The number of imidazole rings is 1. The Morgan fingerprint density at radius 3 is 2.33 bits per heavy atom. The summed E-state index contributed by atoms with van der Waals surface area (Å²) in [5.41, 5.74) is 0.925. The molecule has 0 spiro atoms. The number of rotatable bonds is 8. The Morgan fingerprint density at radius 1 is 0.905 bits per heavy atom. The largest absolute Gasteiger partial charge is 0.472 e. The molecule has 224 valence electrons. The lowest BCUT2D eigenvalue weighted by atomic mass is 10.2. The molecule has 3 aliphatic heterocycles. The van der Waals surface area contributed by atoms with Crippen LogP contribution in [-0.4, -0.2) is 113 Å². The van der Waals surface area contributed by atoms with Gasteiger partial charge in [0.1, 0.15) is 11.9 Å². The van der Waals surface area contributed by atoms with Gasteiger partial charge in [0.05, 0.1) is 44.0 Å². The third-order valence-electron chi connectivity index (χ3n) is 7.68. The van der Waals surface area contributed by atoms with Gasteiger partial charge < -0.3 is 28.9 Å². The lowest BCUT2D eigenvalue weighted by molar-refractivity contribution is -0.139. The first-order chi connectivity index (χ1) is 20.5. The molecule has 12 nitrogen and oxygen atoms in total. The predicted octanol–water partition coefficient (Wildman–Crippen LogP) is 2.21. The molecule has 0 radical (unpaired) electrons. The zero-order valence-electron chi connectivity index (χ0n) is 23.2. The maximum atomic E-state index is 14.1. The minimum absolute atomic E-state index is 0.0435. The number of halogens is 2. The highest BCUT2D eigenvalue weighted by molar-refractivity contribution is 5.84. The molecule has 1 aromatic carbocycles. The van der Waals surface area contributed by atoms with Crippen LogP contribution in [0.2, 0.25) is 0 Å². The molecule has 6 rings (SSSR count). The number of carbonyl (C=O) groups excluding carboxylic acids is 2. The van der Waals surface area contributed by atoms with Crippen molar-refractivity contribution in [3.63, 3.8) is 0 Å². The number of likely N-dealkylation sites (tertiary alicyclic amines) is 1. The van der Waals surface area contributed by atoms with Gasteiger partial charge in [-0.3, -0.25) is 14.2 Å². The summed E-state index contributed by atoms with van der Waals surface area (Å²) in [4.78, 5) is 44.1. The lowest BCUT2D eigenvalue weighted by Crippen LogP contribution is -2.41. The molecule has 0 aliphatic carbocycles. The van der Waals surface area contributed by atoms with Crippen molar-refractivity contribution in [2.45, 2.75) is 31.8 Å². The molecule has 5 heterocycles. The van der Waals surface area contributed by atoms with E-state index in [4.69, 9.17) is 14.2 Å². The molecule has 3 fully saturated rings.